The van der Waals surface area contributed by atoms with Gasteiger partial charge in [0.1, 0.15) is 40.1 Å². The molecule has 14 nitrogen and oxygen atoms in total. The number of aromatic amines is 1. The SMILES string of the molecule is CC(=O)N(C)c1ccc2c(ccn2C(=O)c2cc(Nc3s[nH]c(=O)c3C(N)=NC(C)C(O)CO)ncn2)n1. The van der Waals surface area contributed by atoms with Crippen LogP contribution in [0.15, 0.2) is 46.6 Å². The zero-order valence-corrected chi connectivity index (χ0v) is 21.4. The summed E-state index contributed by atoms with van der Waals surface area (Å²) in [6.45, 7) is 2.47. The molecule has 0 fully saturated rings. The van der Waals surface area contributed by atoms with E-state index in [0.29, 0.717) is 16.9 Å². The molecule has 0 aliphatic carbocycles. The maximum atomic E-state index is 13.3. The second-order valence-corrected chi connectivity index (χ2v) is 9.11. The highest BCUT2D eigenvalue weighted by Gasteiger charge is 2.20. The molecule has 0 saturated heterocycles. The van der Waals surface area contributed by atoms with E-state index >= 15 is 0 Å². The first kappa shape index (κ1) is 26.6. The van der Waals surface area contributed by atoms with Crippen molar-refractivity contribution in [2.24, 2.45) is 10.7 Å². The molecule has 4 aromatic heterocycles. The Morgan fingerprint density at radius 1 is 1.32 bits per heavy atom. The van der Waals surface area contributed by atoms with Crippen LogP contribution in [0, 0.1) is 0 Å². The Labute approximate surface area is 219 Å². The topological polar surface area (TPSA) is 205 Å². The van der Waals surface area contributed by atoms with Crippen LogP contribution < -0.4 is 21.5 Å². The van der Waals surface area contributed by atoms with Crippen LogP contribution in [-0.4, -0.2) is 77.6 Å². The summed E-state index contributed by atoms with van der Waals surface area (Å²) in [6.07, 6.45) is 1.62. The van der Waals surface area contributed by atoms with Crippen LogP contribution in [0.25, 0.3) is 11.0 Å². The summed E-state index contributed by atoms with van der Waals surface area (Å²) in [4.78, 5) is 55.4. The van der Waals surface area contributed by atoms with E-state index in [2.05, 4.69) is 29.6 Å². The van der Waals surface area contributed by atoms with Crippen molar-refractivity contribution in [1.82, 2.24) is 23.9 Å². The minimum atomic E-state index is -1.14. The molecule has 0 saturated carbocycles. The highest BCUT2D eigenvalue weighted by Crippen LogP contribution is 2.23. The Hall–Kier alpha value is -4.47. The molecule has 6 N–H and O–H groups in total. The number of anilines is 3. The molecule has 15 heteroatoms. The van der Waals surface area contributed by atoms with Crippen LogP contribution in [0.3, 0.4) is 0 Å². The molecule has 4 heterocycles. The number of hydrogen-bond donors (Lipinski definition) is 5. The van der Waals surface area contributed by atoms with Gasteiger partial charge in [0.25, 0.3) is 11.5 Å². The smallest absolute Gasteiger partial charge is 0.281 e. The Kier molecular flexibility index (Phi) is 7.61. The quantitative estimate of drug-likeness (QED) is 0.154. The molecule has 0 bridgehead atoms. The molecular weight excluding hydrogens is 514 g/mol. The molecule has 0 aromatic carbocycles. The first-order chi connectivity index (χ1) is 18.1. The van der Waals surface area contributed by atoms with Crippen LogP contribution in [0.4, 0.5) is 16.6 Å². The zero-order valence-electron chi connectivity index (χ0n) is 20.6. The van der Waals surface area contributed by atoms with E-state index < -0.39 is 30.2 Å². The summed E-state index contributed by atoms with van der Waals surface area (Å²) in [6, 6.07) is 5.66. The number of nitrogens with two attached hydrogens (primary N) is 1. The monoisotopic (exact) mass is 539 g/mol. The molecule has 4 aromatic rings. The van der Waals surface area contributed by atoms with E-state index in [1.165, 1.54) is 28.8 Å². The number of fused-ring (bicyclic) bond motifs is 1. The summed E-state index contributed by atoms with van der Waals surface area (Å²) in [5, 5.41) is 22.1. The predicted molar refractivity (Wildman–Crippen MR) is 142 cm³/mol. The molecule has 0 radical (unpaired) electrons. The Bertz CT molecular complexity index is 1590. The van der Waals surface area contributed by atoms with E-state index in [4.69, 9.17) is 10.8 Å². The number of carbonyl (C=O) groups excluding carboxylic acids is 2. The minimum Gasteiger partial charge on any atom is -0.394 e. The number of aliphatic hydroxyl groups is 2. The van der Waals surface area contributed by atoms with Gasteiger partial charge in [0, 0.05) is 26.2 Å². The van der Waals surface area contributed by atoms with Crippen molar-refractivity contribution in [3.8, 4) is 0 Å². The number of H-pyrrole nitrogens is 1. The number of amides is 1. The van der Waals surface area contributed by atoms with E-state index in [1.807, 2.05) is 0 Å². The van der Waals surface area contributed by atoms with Gasteiger partial charge in [-0.15, -0.1) is 0 Å². The predicted octanol–water partition coefficient (Wildman–Crippen LogP) is 0.438. The number of aromatic nitrogens is 5. The van der Waals surface area contributed by atoms with Gasteiger partial charge in [-0.3, -0.25) is 28.3 Å². The lowest BCUT2D eigenvalue weighted by Gasteiger charge is -2.13. The molecular formula is C23H25N9O5S. The highest BCUT2D eigenvalue weighted by atomic mass is 32.1. The fourth-order valence-corrected chi connectivity index (χ4v) is 4.21. The van der Waals surface area contributed by atoms with Crippen molar-refractivity contribution >= 4 is 56.9 Å². The second kappa shape index (κ2) is 10.9. The van der Waals surface area contributed by atoms with Crippen molar-refractivity contribution in [3.05, 3.63) is 58.4 Å². The summed E-state index contributed by atoms with van der Waals surface area (Å²) >= 11 is 0.952. The fraction of sp³-hybridized carbons (Fsp3) is 0.261. The first-order valence-corrected chi connectivity index (χ1v) is 12.1. The maximum absolute atomic E-state index is 13.3. The van der Waals surface area contributed by atoms with Crippen LogP contribution in [0.1, 0.15) is 29.9 Å². The number of amidine groups is 1. The normalized spacial score (nSPS) is 13.3. The third kappa shape index (κ3) is 5.29. The molecule has 0 aliphatic heterocycles. The van der Waals surface area contributed by atoms with Gasteiger partial charge >= 0.3 is 0 Å². The Morgan fingerprint density at radius 2 is 2.08 bits per heavy atom. The maximum Gasteiger partial charge on any atom is 0.281 e. The average Bonchev–Trinajstić information content (AvgIpc) is 3.49. The van der Waals surface area contributed by atoms with E-state index in [0.717, 1.165) is 11.5 Å². The number of nitrogens with zero attached hydrogens (tertiary/aromatic N) is 6. The highest BCUT2D eigenvalue weighted by molar-refractivity contribution is 7.10. The number of rotatable bonds is 8. The van der Waals surface area contributed by atoms with Gasteiger partial charge in [-0.25, -0.2) is 15.0 Å². The van der Waals surface area contributed by atoms with Crippen LogP contribution >= 0.6 is 11.5 Å². The number of aliphatic imine (C=N–C) groups is 1. The zero-order chi connectivity index (χ0) is 27.6. The Morgan fingerprint density at radius 3 is 2.79 bits per heavy atom. The molecule has 38 heavy (non-hydrogen) atoms. The van der Waals surface area contributed by atoms with Gasteiger partial charge in [-0.1, -0.05) is 0 Å². The number of hydrogen-bond acceptors (Lipinski definition) is 11. The molecule has 198 valence electrons. The summed E-state index contributed by atoms with van der Waals surface area (Å²) < 4.78 is 3.94. The van der Waals surface area contributed by atoms with Gasteiger partial charge in [0.05, 0.1) is 29.8 Å². The second-order valence-electron chi connectivity index (χ2n) is 8.30. The standard InChI is InChI=1S/C23H25N9O5S/c1-11(16(35)9-33)27-20(24)19-21(36)30-38-22(19)29-17-8-14(25-10-26-17)23(37)32-7-6-13-15(32)4-5-18(28-13)31(3)12(2)34/h4-8,10-11,16,33,35H,9H2,1-3H3,(H2,24,27)(H,30,36)(H,25,26,29). The largest absolute Gasteiger partial charge is 0.394 e. The average molecular weight is 540 g/mol. The summed E-state index contributed by atoms with van der Waals surface area (Å²) in [7, 11) is 1.61. The molecule has 2 atom stereocenters. The van der Waals surface area contributed by atoms with Gasteiger partial charge in [-0.2, -0.15) is 0 Å². The van der Waals surface area contributed by atoms with Gasteiger partial charge < -0.3 is 26.2 Å². The summed E-state index contributed by atoms with van der Waals surface area (Å²) in [5.74, 6) is -0.0878. The van der Waals surface area contributed by atoms with Crippen molar-refractivity contribution in [2.45, 2.75) is 26.0 Å². The van der Waals surface area contributed by atoms with Gasteiger partial charge in [-0.05, 0) is 36.7 Å². The van der Waals surface area contributed by atoms with Gasteiger partial charge in [0.2, 0.25) is 5.91 Å². The molecule has 2 unspecified atom stereocenters. The van der Waals surface area contributed by atoms with E-state index in [9.17, 15) is 19.5 Å². The minimum absolute atomic E-state index is 0.0345. The Balaban J connectivity index is 1.60. The third-order valence-electron chi connectivity index (χ3n) is 5.73. The van der Waals surface area contributed by atoms with Crippen molar-refractivity contribution < 1.29 is 19.8 Å². The van der Waals surface area contributed by atoms with Crippen LogP contribution in [0.5, 0.6) is 0 Å². The molecule has 0 spiro atoms. The van der Waals surface area contributed by atoms with Crippen molar-refractivity contribution in [1.29, 1.82) is 0 Å². The molecule has 4 rings (SSSR count). The molecule has 1 amide bonds. The lowest BCUT2D eigenvalue weighted by Crippen LogP contribution is -2.30. The van der Waals surface area contributed by atoms with Crippen molar-refractivity contribution in [3.63, 3.8) is 0 Å². The van der Waals surface area contributed by atoms with E-state index in [-0.39, 0.29) is 33.8 Å². The number of nitrogens with one attached hydrogen (secondary N) is 2. The third-order valence-corrected chi connectivity index (χ3v) is 6.53. The first-order valence-electron chi connectivity index (χ1n) is 11.3. The number of aliphatic hydroxyl groups excluding tert-OH is 2. The molecule has 0 aliphatic rings. The van der Waals surface area contributed by atoms with Crippen LogP contribution in [-0.2, 0) is 4.79 Å². The number of pyridine rings is 1. The number of carbonyl (C=O) groups is 2. The lowest BCUT2D eigenvalue weighted by molar-refractivity contribution is -0.116. The van der Waals surface area contributed by atoms with Crippen LogP contribution in [0.2, 0.25) is 0 Å². The lowest BCUT2D eigenvalue weighted by atomic mass is 10.2. The van der Waals surface area contributed by atoms with E-state index in [1.54, 1.807) is 38.4 Å². The fourth-order valence-electron chi connectivity index (χ4n) is 3.46. The summed E-state index contributed by atoms with van der Waals surface area (Å²) in [5.41, 5.74) is 6.66. The van der Waals surface area contributed by atoms with Gasteiger partial charge in [0.15, 0.2) is 0 Å². The van der Waals surface area contributed by atoms with Crippen molar-refractivity contribution in [2.75, 3.05) is 23.9 Å².